The van der Waals surface area contributed by atoms with E-state index in [-0.39, 0.29) is 30.9 Å². The Morgan fingerprint density at radius 1 is 1.23 bits per heavy atom. The molecule has 0 saturated heterocycles. The van der Waals surface area contributed by atoms with E-state index in [1.165, 1.54) is 35.2 Å². The van der Waals surface area contributed by atoms with E-state index in [1.807, 2.05) is 0 Å². The van der Waals surface area contributed by atoms with Crippen LogP contribution in [-0.4, -0.2) is 23.4 Å². The van der Waals surface area contributed by atoms with Crippen LogP contribution in [0, 0.1) is 18.6 Å². The van der Waals surface area contributed by atoms with Crippen LogP contribution in [0.25, 0.3) is 0 Å². The fraction of sp³-hybridized carbons (Fsp3) is 0.263. The SMILES string of the molecule is Cc1cc(F)ccc1[C@@H](C)NC(=O)CN1Cc2cc(F)ccc2NC1=O. The lowest BCUT2D eigenvalue weighted by molar-refractivity contribution is -0.122. The molecule has 0 bridgehead atoms. The van der Waals surface area contributed by atoms with Crippen LogP contribution >= 0.6 is 0 Å². The second kappa shape index (κ2) is 7.11. The van der Waals surface area contributed by atoms with Gasteiger partial charge in [0.15, 0.2) is 0 Å². The van der Waals surface area contributed by atoms with Gasteiger partial charge >= 0.3 is 6.03 Å². The number of fused-ring (bicyclic) bond motifs is 1. The fourth-order valence-electron chi connectivity index (χ4n) is 3.08. The number of carbonyl (C=O) groups excluding carboxylic acids is 2. The topological polar surface area (TPSA) is 61.4 Å². The van der Waals surface area contributed by atoms with Crippen LogP contribution in [0.5, 0.6) is 0 Å². The van der Waals surface area contributed by atoms with Crippen molar-refractivity contribution in [3.8, 4) is 0 Å². The van der Waals surface area contributed by atoms with Crippen molar-refractivity contribution in [1.29, 1.82) is 0 Å². The van der Waals surface area contributed by atoms with Gasteiger partial charge in [-0.05, 0) is 60.9 Å². The van der Waals surface area contributed by atoms with Gasteiger partial charge in [-0.15, -0.1) is 0 Å². The summed E-state index contributed by atoms with van der Waals surface area (Å²) in [5, 5.41) is 5.44. The molecule has 0 unspecified atom stereocenters. The Labute approximate surface area is 150 Å². The molecule has 0 aromatic heterocycles. The molecule has 0 aliphatic carbocycles. The number of carbonyl (C=O) groups is 2. The van der Waals surface area contributed by atoms with Crippen molar-refractivity contribution in [2.24, 2.45) is 0 Å². The van der Waals surface area contributed by atoms with E-state index in [1.54, 1.807) is 19.9 Å². The van der Waals surface area contributed by atoms with Gasteiger partial charge in [0, 0.05) is 5.69 Å². The first-order chi connectivity index (χ1) is 12.3. The van der Waals surface area contributed by atoms with Crippen molar-refractivity contribution in [3.63, 3.8) is 0 Å². The van der Waals surface area contributed by atoms with Crippen LogP contribution in [0.2, 0.25) is 0 Å². The number of amides is 3. The first-order valence-corrected chi connectivity index (χ1v) is 8.23. The van der Waals surface area contributed by atoms with E-state index in [2.05, 4.69) is 10.6 Å². The van der Waals surface area contributed by atoms with E-state index >= 15 is 0 Å². The summed E-state index contributed by atoms with van der Waals surface area (Å²) in [6.07, 6.45) is 0. The number of rotatable bonds is 4. The third kappa shape index (κ3) is 3.82. The van der Waals surface area contributed by atoms with Crippen molar-refractivity contribution in [2.75, 3.05) is 11.9 Å². The normalized spacial score (nSPS) is 14.5. The summed E-state index contributed by atoms with van der Waals surface area (Å²) in [4.78, 5) is 25.7. The summed E-state index contributed by atoms with van der Waals surface area (Å²) in [5.41, 5.74) is 2.69. The summed E-state index contributed by atoms with van der Waals surface area (Å²) >= 11 is 0. The molecule has 3 rings (SSSR count). The Morgan fingerprint density at radius 2 is 1.92 bits per heavy atom. The summed E-state index contributed by atoms with van der Waals surface area (Å²) in [7, 11) is 0. The van der Waals surface area contributed by atoms with Crippen molar-refractivity contribution in [2.45, 2.75) is 26.4 Å². The maximum Gasteiger partial charge on any atom is 0.322 e. The number of halogens is 2. The van der Waals surface area contributed by atoms with Crippen molar-refractivity contribution in [3.05, 3.63) is 64.7 Å². The molecule has 136 valence electrons. The minimum atomic E-state index is -0.412. The van der Waals surface area contributed by atoms with Crippen LogP contribution in [-0.2, 0) is 11.3 Å². The molecular weight excluding hydrogens is 340 g/mol. The van der Waals surface area contributed by atoms with E-state index in [0.29, 0.717) is 11.3 Å². The Bertz CT molecular complexity index is 870. The lowest BCUT2D eigenvalue weighted by Crippen LogP contribution is -2.45. The number of benzene rings is 2. The third-order valence-electron chi connectivity index (χ3n) is 4.37. The van der Waals surface area contributed by atoms with Gasteiger partial charge in [0.25, 0.3) is 0 Å². The zero-order chi connectivity index (χ0) is 18.8. The second-order valence-corrected chi connectivity index (χ2v) is 6.38. The highest BCUT2D eigenvalue weighted by atomic mass is 19.1. The number of aryl methyl sites for hydroxylation is 1. The minimum Gasteiger partial charge on any atom is -0.348 e. The lowest BCUT2D eigenvalue weighted by Gasteiger charge is -2.29. The van der Waals surface area contributed by atoms with E-state index in [9.17, 15) is 18.4 Å². The number of nitrogens with zero attached hydrogens (tertiary/aromatic N) is 1. The molecule has 0 spiro atoms. The van der Waals surface area contributed by atoms with Crippen LogP contribution in [0.1, 0.15) is 29.7 Å². The minimum absolute atomic E-state index is 0.149. The molecule has 0 fully saturated rings. The zero-order valence-electron chi connectivity index (χ0n) is 14.5. The molecule has 1 heterocycles. The Morgan fingerprint density at radius 3 is 2.65 bits per heavy atom. The van der Waals surface area contributed by atoms with Crippen LogP contribution in [0.3, 0.4) is 0 Å². The molecule has 0 saturated carbocycles. The van der Waals surface area contributed by atoms with Gasteiger partial charge in [0.2, 0.25) is 5.91 Å². The maximum absolute atomic E-state index is 13.4. The van der Waals surface area contributed by atoms with E-state index in [4.69, 9.17) is 0 Å². The van der Waals surface area contributed by atoms with Crippen LogP contribution < -0.4 is 10.6 Å². The van der Waals surface area contributed by atoms with Gasteiger partial charge in [-0.2, -0.15) is 0 Å². The van der Waals surface area contributed by atoms with E-state index < -0.39 is 11.8 Å². The van der Waals surface area contributed by atoms with Gasteiger partial charge < -0.3 is 15.5 Å². The second-order valence-electron chi connectivity index (χ2n) is 6.38. The number of hydrogen-bond donors (Lipinski definition) is 2. The van der Waals surface area contributed by atoms with Crippen LogP contribution in [0.4, 0.5) is 19.3 Å². The van der Waals surface area contributed by atoms with Gasteiger partial charge in [-0.3, -0.25) is 4.79 Å². The molecule has 1 aliphatic rings. The zero-order valence-corrected chi connectivity index (χ0v) is 14.5. The Hall–Kier alpha value is -2.96. The average Bonchev–Trinajstić information content (AvgIpc) is 2.55. The smallest absolute Gasteiger partial charge is 0.322 e. The molecule has 7 heteroatoms. The largest absolute Gasteiger partial charge is 0.348 e. The third-order valence-corrected chi connectivity index (χ3v) is 4.37. The first kappa shape index (κ1) is 17.8. The van der Waals surface area contributed by atoms with Gasteiger partial charge in [-0.25, -0.2) is 13.6 Å². The summed E-state index contributed by atoms with van der Waals surface area (Å²) in [6, 6.07) is 7.74. The molecular formula is C19H19F2N3O2. The van der Waals surface area contributed by atoms with Gasteiger partial charge in [-0.1, -0.05) is 6.07 Å². The number of anilines is 1. The molecule has 2 aromatic carbocycles. The predicted molar refractivity (Wildman–Crippen MR) is 93.5 cm³/mol. The Kier molecular flexibility index (Phi) is 4.88. The summed E-state index contributed by atoms with van der Waals surface area (Å²) < 4.78 is 26.6. The highest BCUT2D eigenvalue weighted by Gasteiger charge is 2.25. The molecule has 2 N–H and O–H groups in total. The monoisotopic (exact) mass is 359 g/mol. The molecule has 5 nitrogen and oxygen atoms in total. The van der Waals surface area contributed by atoms with Crippen molar-refractivity contribution in [1.82, 2.24) is 10.2 Å². The molecule has 3 amide bonds. The quantitative estimate of drug-likeness (QED) is 0.878. The number of nitrogens with one attached hydrogen (secondary N) is 2. The molecule has 1 aliphatic heterocycles. The Balaban J connectivity index is 1.65. The molecule has 2 aromatic rings. The number of urea groups is 1. The average molecular weight is 359 g/mol. The maximum atomic E-state index is 13.4. The highest BCUT2D eigenvalue weighted by Crippen LogP contribution is 2.24. The molecule has 0 radical (unpaired) electrons. The summed E-state index contributed by atoms with van der Waals surface area (Å²) in [5.74, 6) is -1.08. The number of hydrogen-bond acceptors (Lipinski definition) is 2. The molecule has 26 heavy (non-hydrogen) atoms. The first-order valence-electron chi connectivity index (χ1n) is 8.23. The van der Waals surface area contributed by atoms with Crippen LogP contribution in [0.15, 0.2) is 36.4 Å². The van der Waals surface area contributed by atoms with Gasteiger partial charge in [0.05, 0.1) is 12.6 Å². The fourth-order valence-corrected chi connectivity index (χ4v) is 3.08. The summed E-state index contributed by atoms with van der Waals surface area (Å²) in [6.45, 7) is 3.55. The predicted octanol–water partition coefficient (Wildman–Crippen LogP) is 3.50. The van der Waals surface area contributed by atoms with E-state index in [0.717, 1.165) is 11.1 Å². The van der Waals surface area contributed by atoms with Crippen molar-refractivity contribution < 1.29 is 18.4 Å². The van der Waals surface area contributed by atoms with Crippen molar-refractivity contribution >= 4 is 17.6 Å². The molecule has 1 atom stereocenters. The van der Waals surface area contributed by atoms with Gasteiger partial charge in [0.1, 0.15) is 18.2 Å². The standard InChI is InChI=1S/C19H19F2N3O2/c1-11-7-14(20)3-5-16(11)12(2)22-18(25)10-24-9-13-8-15(21)4-6-17(13)23-19(24)26/h3-8,12H,9-10H2,1-2H3,(H,22,25)(H,23,26)/t12-/m1/s1. The lowest BCUT2D eigenvalue weighted by atomic mass is 10.0. The highest BCUT2D eigenvalue weighted by molar-refractivity contribution is 5.94.